The standard InChI is InChI=1S/C12H15Cl2NO5S/c1-8(2)9(7-21(14,18)19)6-20-12-4-3-10(15(16)17)5-11(12)13/h3-5,8-9H,6-7H2,1-2H3. The molecule has 0 radical (unpaired) electrons. The predicted octanol–water partition coefficient (Wildman–Crippen LogP) is 3.47. The van der Waals surface area contributed by atoms with Crippen molar-refractivity contribution >= 4 is 37.0 Å². The van der Waals surface area contributed by atoms with E-state index in [2.05, 4.69) is 0 Å². The Morgan fingerprint density at radius 3 is 2.43 bits per heavy atom. The van der Waals surface area contributed by atoms with Crippen molar-refractivity contribution in [2.45, 2.75) is 13.8 Å². The molecule has 118 valence electrons. The quantitative estimate of drug-likeness (QED) is 0.424. The molecule has 21 heavy (non-hydrogen) atoms. The van der Waals surface area contributed by atoms with Crippen molar-refractivity contribution in [3.63, 3.8) is 0 Å². The SMILES string of the molecule is CC(C)C(COc1ccc([N+](=O)[O-])cc1Cl)CS(=O)(=O)Cl. The number of rotatable bonds is 7. The van der Waals surface area contributed by atoms with Gasteiger partial charge in [0.25, 0.3) is 5.69 Å². The number of hydrogen-bond donors (Lipinski definition) is 0. The lowest BCUT2D eigenvalue weighted by Gasteiger charge is -2.20. The van der Waals surface area contributed by atoms with Crippen LogP contribution in [-0.4, -0.2) is 25.7 Å². The van der Waals surface area contributed by atoms with Gasteiger partial charge in [-0.2, -0.15) is 0 Å². The summed E-state index contributed by atoms with van der Waals surface area (Å²) in [5, 5.41) is 10.7. The van der Waals surface area contributed by atoms with Gasteiger partial charge in [0.1, 0.15) is 5.75 Å². The Bertz CT molecular complexity index is 618. The Morgan fingerprint density at radius 1 is 1.38 bits per heavy atom. The van der Waals surface area contributed by atoms with Crippen molar-refractivity contribution in [3.8, 4) is 5.75 Å². The Balaban J connectivity index is 2.79. The van der Waals surface area contributed by atoms with Crippen LogP contribution in [0.5, 0.6) is 5.75 Å². The summed E-state index contributed by atoms with van der Waals surface area (Å²) < 4.78 is 27.8. The van der Waals surface area contributed by atoms with Crippen molar-refractivity contribution in [2.24, 2.45) is 11.8 Å². The van der Waals surface area contributed by atoms with E-state index in [-0.39, 0.29) is 40.7 Å². The van der Waals surface area contributed by atoms with E-state index in [1.165, 1.54) is 18.2 Å². The fourth-order valence-corrected chi connectivity index (χ4v) is 3.31. The molecule has 0 amide bonds. The molecule has 0 heterocycles. The molecular formula is C12H15Cl2NO5S. The summed E-state index contributed by atoms with van der Waals surface area (Å²) in [5.41, 5.74) is -0.143. The third kappa shape index (κ3) is 6.07. The first-order valence-electron chi connectivity index (χ1n) is 6.09. The molecule has 0 spiro atoms. The second kappa shape index (κ2) is 7.29. The highest BCUT2D eigenvalue weighted by Crippen LogP contribution is 2.29. The zero-order valence-electron chi connectivity index (χ0n) is 11.5. The number of ether oxygens (including phenoxy) is 1. The Labute approximate surface area is 132 Å². The topological polar surface area (TPSA) is 86.5 Å². The molecule has 0 N–H and O–H groups in total. The van der Waals surface area contributed by atoms with Gasteiger partial charge in [0.15, 0.2) is 0 Å². The highest BCUT2D eigenvalue weighted by atomic mass is 35.7. The molecule has 1 aromatic carbocycles. The van der Waals surface area contributed by atoms with Crippen LogP contribution in [0, 0.1) is 22.0 Å². The average Bonchev–Trinajstić information content (AvgIpc) is 2.33. The van der Waals surface area contributed by atoms with Crippen LogP contribution in [0.1, 0.15) is 13.8 Å². The average molecular weight is 356 g/mol. The molecule has 0 fully saturated rings. The second-order valence-electron chi connectivity index (χ2n) is 4.89. The fourth-order valence-electron chi connectivity index (χ4n) is 1.61. The van der Waals surface area contributed by atoms with Crippen LogP contribution >= 0.6 is 22.3 Å². The van der Waals surface area contributed by atoms with Crippen LogP contribution < -0.4 is 4.74 Å². The van der Waals surface area contributed by atoms with Gasteiger partial charge in [-0.15, -0.1) is 0 Å². The number of nitro benzene ring substituents is 1. The monoisotopic (exact) mass is 355 g/mol. The van der Waals surface area contributed by atoms with Crippen LogP contribution in [0.15, 0.2) is 18.2 Å². The lowest BCUT2D eigenvalue weighted by Crippen LogP contribution is -2.24. The summed E-state index contributed by atoms with van der Waals surface area (Å²) in [4.78, 5) is 10.0. The lowest BCUT2D eigenvalue weighted by atomic mass is 9.99. The molecule has 1 aromatic rings. The number of nitrogens with zero attached hydrogens (tertiary/aromatic N) is 1. The third-order valence-corrected chi connectivity index (χ3v) is 4.43. The normalized spacial score (nSPS) is 13.2. The molecule has 0 aliphatic heterocycles. The summed E-state index contributed by atoms with van der Waals surface area (Å²) in [5.74, 6) is -0.217. The van der Waals surface area contributed by atoms with E-state index in [4.69, 9.17) is 27.0 Å². The maximum atomic E-state index is 11.2. The minimum atomic E-state index is -3.63. The van der Waals surface area contributed by atoms with Gasteiger partial charge in [0.05, 0.1) is 22.3 Å². The highest BCUT2D eigenvalue weighted by Gasteiger charge is 2.22. The lowest BCUT2D eigenvalue weighted by molar-refractivity contribution is -0.384. The maximum Gasteiger partial charge on any atom is 0.271 e. The first-order chi connectivity index (χ1) is 9.60. The molecule has 0 aliphatic rings. The molecule has 6 nitrogen and oxygen atoms in total. The van der Waals surface area contributed by atoms with E-state index in [9.17, 15) is 18.5 Å². The summed E-state index contributed by atoms with van der Waals surface area (Å²) in [6.45, 7) is 3.81. The van der Waals surface area contributed by atoms with Gasteiger partial charge in [0.2, 0.25) is 9.05 Å². The van der Waals surface area contributed by atoms with Crippen molar-refractivity contribution in [3.05, 3.63) is 33.3 Å². The van der Waals surface area contributed by atoms with Crippen molar-refractivity contribution < 1.29 is 18.1 Å². The zero-order chi connectivity index (χ0) is 16.2. The van der Waals surface area contributed by atoms with E-state index in [1.54, 1.807) is 0 Å². The van der Waals surface area contributed by atoms with Gasteiger partial charge in [-0.1, -0.05) is 25.4 Å². The maximum absolute atomic E-state index is 11.2. The Morgan fingerprint density at radius 2 is 2.00 bits per heavy atom. The summed E-state index contributed by atoms with van der Waals surface area (Å²) in [6, 6.07) is 3.83. The highest BCUT2D eigenvalue weighted by molar-refractivity contribution is 8.13. The molecule has 0 saturated carbocycles. The summed E-state index contributed by atoms with van der Waals surface area (Å²) in [7, 11) is 1.63. The van der Waals surface area contributed by atoms with Crippen molar-refractivity contribution in [1.29, 1.82) is 0 Å². The molecule has 1 atom stereocenters. The number of nitro groups is 1. The predicted molar refractivity (Wildman–Crippen MR) is 81.6 cm³/mol. The minimum Gasteiger partial charge on any atom is -0.492 e. The van der Waals surface area contributed by atoms with E-state index in [0.29, 0.717) is 0 Å². The van der Waals surface area contributed by atoms with E-state index >= 15 is 0 Å². The Kier molecular flexibility index (Phi) is 6.24. The third-order valence-electron chi connectivity index (χ3n) is 2.94. The van der Waals surface area contributed by atoms with Gasteiger partial charge >= 0.3 is 0 Å². The first-order valence-corrected chi connectivity index (χ1v) is 8.95. The minimum absolute atomic E-state index is 0.0374. The molecule has 9 heteroatoms. The number of halogens is 2. The van der Waals surface area contributed by atoms with Gasteiger partial charge in [0, 0.05) is 28.7 Å². The first kappa shape index (κ1) is 18.0. The van der Waals surface area contributed by atoms with Crippen LogP contribution in [0.4, 0.5) is 5.69 Å². The van der Waals surface area contributed by atoms with Gasteiger partial charge in [-0.25, -0.2) is 8.42 Å². The van der Waals surface area contributed by atoms with Crippen LogP contribution in [0.3, 0.4) is 0 Å². The number of hydrogen-bond acceptors (Lipinski definition) is 5. The van der Waals surface area contributed by atoms with Crippen molar-refractivity contribution in [1.82, 2.24) is 0 Å². The molecule has 0 aliphatic carbocycles. The van der Waals surface area contributed by atoms with E-state index in [1.807, 2.05) is 13.8 Å². The summed E-state index contributed by atoms with van der Waals surface area (Å²) >= 11 is 5.90. The smallest absolute Gasteiger partial charge is 0.271 e. The molecule has 1 rings (SSSR count). The number of non-ortho nitro benzene ring substituents is 1. The van der Waals surface area contributed by atoms with Gasteiger partial charge in [-0.3, -0.25) is 10.1 Å². The van der Waals surface area contributed by atoms with Crippen molar-refractivity contribution in [2.75, 3.05) is 12.4 Å². The van der Waals surface area contributed by atoms with Crippen LogP contribution in [0.2, 0.25) is 5.02 Å². The molecule has 1 unspecified atom stereocenters. The second-order valence-corrected chi connectivity index (χ2v) is 8.12. The van der Waals surface area contributed by atoms with Gasteiger partial charge in [-0.05, 0) is 12.0 Å². The Hall–Kier alpha value is -1.05. The van der Waals surface area contributed by atoms with E-state index in [0.717, 1.165) is 0 Å². The molecule has 0 bridgehead atoms. The largest absolute Gasteiger partial charge is 0.492 e. The molecule has 0 saturated heterocycles. The number of benzene rings is 1. The van der Waals surface area contributed by atoms with Crippen LogP contribution in [0.25, 0.3) is 0 Å². The fraction of sp³-hybridized carbons (Fsp3) is 0.500. The summed E-state index contributed by atoms with van der Waals surface area (Å²) in [6.07, 6.45) is 0. The van der Waals surface area contributed by atoms with Gasteiger partial charge < -0.3 is 4.74 Å². The molecule has 0 aromatic heterocycles. The van der Waals surface area contributed by atoms with E-state index < -0.39 is 14.0 Å². The molecular weight excluding hydrogens is 341 g/mol. The van der Waals surface area contributed by atoms with Crippen LogP contribution in [-0.2, 0) is 9.05 Å². The zero-order valence-corrected chi connectivity index (χ0v) is 13.8.